The Hall–Kier alpha value is -1.36. The molecule has 1 unspecified atom stereocenters. The standard InChI is InChI=1S/C18H22ClFO2Si/c1-23(2)21-13-15-8-9-16(12-17(15)20)22-18(10-11-19)14-6-4-3-5-7-14/h3-9,12,18,23H,10-11,13H2,1-2H3. The van der Waals surface area contributed by atoms with Gasteiger partial charge in [0.25, 0.3) is 0 Å². The van der Waals surface area contributed by atoms with Gasteiger partial charge in [-0.1, -0.05) is 36.4 Å². The van der Waals surface area contributed by atoms with Crippen LogP contribution in [0, 0.1) is 5.82 Å². The Balaban J connectivity index is 2.10. The highest BCUT2D eigenvalue weighted by Crippen LogP contribution is 2.27. The lowest BCUT2D eigenvalue weighted by molar-refractivity contribution is 0.201. The van der Waals surface area contributed by atoms with Gasteiger partial charge >= 0.3 is 0 Å². The molecule has 2 aromatic carbocycles. The van der Waals surface area contributed by atoms with Gasteiger partial charge < -0.3 is 9.16 Å². The number of benzene rings is 2. The SMILES string of the molecule is C[SiH](C)OCc1ccc(OC(CCCl)c2ccccc2)cc1F. The first-order valence-electron chi connectivity index (χ1n) is 7.77. The minimum Gasteiger partial charge on any atom is -0.486 e. The van der Waals surface area contributed by atoms with Crippen LogP contribution < -0.4 is 4.74 Å². The van der Waals surface area contributed by atoms with Gasteiger partial charge in [0.2, 0.25) is 0 Å². The van der Waals surface area contributed by atoms with Crippen LogP contribution in [0.25, 0.3) is 0 Å². The van der Waals surface area contributed by atoms with Crippen LogP contribution in [-0.2, 0) is 11.0 Å². The predicted octanol–water partition coefficient (Wildman–Crippen LogP) is 5.07. The van der Waals surface area contributed by atoms with Crippen molar-refractivity contribution in [3.8, 4) is 5.75 Å². The van der Waals surface area contributed by atoms with E-state index in [0.717, 1.165) is 5.56 Å². The van der Waals surface area contributed by atoms with Gasteiger partial charge in [-0.05, 0) is 24.7 Å². The Bertz CT molecular complexity index is 607. The smallest absolute Gasteiger partial charge is 0.171 e. The maximum atomic E-state index is 14.2. The van der Waals surface area contributed by atoms with Crippen LogP contribution in [0.1, 0.15) is 23.7 Å². The molecule has 0 aromatic heterocycles. The van der Waals surface area contributed by atoms with E-state index in [1.54, 1.807) is 12.1 Å². The molecule has 0 bridgehead atoms. The van der Waals surface area contributed by atoms with Gasteiger partial charge in [0, 0.05) is 23.9 Å². The number of hydrogen-bond donors (Lipinski definition) is 0. The Morgan fingerprint density at radius 2 is 1.87 bits per heavy atom. The van der Waals surface area contributed by atoms with Crippen molar-refractivity contribution in [2.45, 2.75) is 32.2 Å². The summed E-state index contributed by atoms with van der Waals surface area (Å²) in [6, 6.07) is 14.8. The first-order chi connectivity index (χ1) is 11.1. The van der Waals surface area contributed by atoms with Crippen LogP contribution in [0.2, 0.25) is 13.1 Å². The molecule has 0 N–H and O–H groups in total. The molecule has 2 aromatic rings. The first-order valence-corrected chi connectivity index (χ1v) is 11.1. The second-order valence-corrected chi connectivity index (χ2v) is 8.42. The molecule has 0 aliphatic rings. The highest BCUT2D eigenvalue weighted by Gasteiger charge is 2.14. The summed E-state index contributed by atoms with van der Waals surface area (Å²) in [6.07, 6.45) is 0.482. The molecule has 23 heavy (non-hydrogen) atoms. The molecule has 1 atom stereocenters. The summed E-state index contributed by atoms with van der Waals surface area (Å²) in [6.45, 7) is 4.44. The van der Waals surface area contributed by atoms with Crippen molar-refractivity contribution in [3.63, 3.8) is 0 Å². The second-order valence-electron chi connectivity index (χ2n) is 5.61. The third-order valence-corrected chi connectivity index (χ3v) is 4.47. The van der Waals surface area contributed by atoms with Gasteiger partial charge in [0.1, 0.15) is 17.7 Å². The van der Waals surface area contributed by atoms with Crippen LogP contribution in [0.15, 0.2) is 48.5 Å². The Morgan fingerprint density at radius 1 is 1.13 bits per heavy atom. The number of alkyl halides is 1. The summed E-state index contributed by atoms with van der Waals surface area (Å²) >= 11 is 5.87. The average molecular weight is 353 g/mol. The van der Waals surface area contributed by atoms with E-state index in [4.69, 9.17) is 20.8 Å². The summed E-state index contributed by atoms with van der Waals surface area (Å²) in [5.41, 5.74) is 1.60. The highest BCUT2D eigenvalue weighted by molar-refractivity contribution is 6.48. The minimum atomic E-state index is -1.16. The molecule has 124 valence electrons. The molecule has 0 aliphatic carbocycles. The van der Waals surface area contributed by atoms with Crippen LogP contribution in [-0.4, -0.2) is 14.9 Å². The number of ether oxygens (including phenoxy) is 1. The van der Waals surface area contributed by atoms with E-state index in [1.807, 2.05) is 30.3 Å². The third-order valence-electron chi connectivity index (χ3n) is 3.42. The monoisotopic (exact) mass is 352 g/mol. The summed E-state index contributed by atoms with van der Waals surface area (Å²) in [5.74, 6) is 0.689. The lowest BCUT2D eigenvalue weighted by Gasteiger charge is -2.19. The number of halogens is 2. The Morgan fingerprint density at radius 3 is 2.48 bits per heavy atom. The average Bonchev–Trinajstić information content (AvgIpc) is 2.54. The predicted molar refractivity (Wildman–Crippen MR) is 95.2 cm³/mol. The molecule has 2 nitrogen and oxygen atoms in total. The molecule has 5 heteroatoms. The van der Waals surface area contributed by atoms with E-state index >= 15 is 0 Å². The zero-order chi connectivity index (χ0) is 16.7. The summed E-state index contributed by atoms with van der Waals surface area (Å²) in [7, 11) is -1.16. The maximum Gasteiger partial charge on any atom is 0.171 e. The molecule has 0 saturated heterocycles. The largest absolute Gasteiger partial charge is 0.486 e. The van der Waals surface area contributed by atoms with Crippen molar-refractivity contribution < 1.29 is 13.6 Å². The van der Waals surface area contributed by atoms with Gasteiger partial charge in [0.05, 0.1) is 6.61 Å². The highest BCUT2D eigenvalue weighted by atomic mass is 35.5. The van der Waals surface area contributed by atoms with Crippen LogP contribution in [0.4, 0.5) is 4.39 Å². The molecule has 0 saturated carbocycles. The fourth-order valence-corrected chi connectivity index (χ4v) is 2.91. The summed E-state index contributed by atoms with van der Waals surface area (Å²) < 4.78 is 25.7. The van der Waals surface area contributed by atoms with E-state index in [0.29, 0.717) is 30.2 Å². The van der Waals surface area contributed by atoms with E-state index in [9.17, 15) is 4.39 Å². The van der Waals surface area contributed by atoms with E-state index in [1.165, 1.54) is 6.07 Å². The van der Waals surface area contributed by atoms with Crippen molar-refractivity contribution in [2.24, 2.45) is 0 Å². The quantitative estimate of drug-likeness (QED) is 0.487. The van der Waals surface area contributed by atoms with E-state index in [2.05, 4.69) is 13.1 Å². The maximum absolute atomic E-state index is 14.2. The van der Waals surface area contributed by atoms with Gasteiger partial charge in [-0.15, -0.1) is 11.6 Å². The van der Waals surface area contributed by atoms with Crippen molar-refractivity contribution in [1.82, 2.24) is 0 Å². The molecule has 0 spiro atoms. The van der Waals surface area contributed by atoms with Crippen molar-refractivity contribution in [2.75, 3.05) is 5.88 Å². The molecule has 2 rings (SSSR count). The topological polar surface area (TPSA) is 18.5 Å². The summed E-state index contributed by atoms with van der Waals surface area (Å²) in [5, 5.41) is 0. The van der Waals surface area contributed by atoms with Gasteiger partial charge in [-0.25, -0.2) is 4.39 Å². The Kier molecular flexibility index (Phi) is 7.08. The van der Waals surface area contributed by atoms with Gasteiger partial charge in [-0.2, -0.15) is 0 Å². The lowest BCUT2D eigenvalue weighted by atomic mass is 10.1. The molecule has 0 radical (unpaired) electrons. The zero-order valence-corrected chi connectivity index (χ0v) is 15.4. The second kappa shape index (κ2) is 9.06. The van der Waals surface area contributed by atoms with Crippen molar-refractivity contribution >= 4 is 20.6 Å². The normalized spacial score (nSPS) is 12.4. The van der Waals surface area contributed by atoms with Gasteiger partial charge in [-0.3, -0.25) is 0 Å². The third kappa shape index (κ3) is 5.64. The van der Waals surface area contributed by atoms with Crippen molar-refractivity contribution in [3.05, 3.63) is 65.5 Å². The zero-order valence-electron chi connectivity index (χ0n) is 13.5. The Labute approximate surface area is 143 Å². The van der Waals surface area contributed by atoms with E-state index in [-0.39, 0.29) is 11.9 Å². The molecule has 0 fully saturated rings. The summed E-state index contributed by atoms with van der Waals surface area (Å²) in [4.78, 5) is 0. The molecule has 0 aliphatic heterocycles. The fraction of sp³-hybridized carbons (Fsp3) is 0.333. The first kappa shape index (κ1) is 18.0. The van der Waals surface area contributed by atoms with Gasteiger partial charge in [0.15, 0.2) is 9.04 Å². The molecule has 0 amide bonds. The van der Waals surface area contributed by atoms with Crippen LogP contribution in [0.5, 0.6) is 5.75 Å². The number of hydrogen-bond acceptors (Lipinski definition) is 2. The number of rotatable bonds is 8. The molecular formula is C18H22ClFO2Si. The van der Waals surface area contributed by atoms with Crippen LogP contribution >= 0.6 is 11.6 Å². The lowest BCUT2D eigenvalue weighted by Crippen LogP contribution is -2.10. The molecule has 0 heterocycles. The van der Waals surface area contributed by atoms with Crippen LogP contribution in [0.3, 0.4) is 0 Å². The minimum absolute atomic E-state index is 0.182. The van der Waals surface area contributed by atoms with Crippen molar-refractivity contribution in [1.29, 1.82) is 0 Å². The van der Waals surface area contributed by atoms with E-state index < -0.39 is 9.04 Å². The molecular weight excluding hydrogens is 331 g/mol. The fourth-order valence-electron chi connectivity index (χ4n) is 2.20.